The minimum atomic E-state index is -4.62. The largest absolute Gasteiger partial charge is 0.418 e. The van der Waals surface area contributed by atoms with E-state index in [4.69, 9.17) is 5.73 Å². The van der Waals surface area contributed by atoms with E-state index in [9.17, 15) is 28.0 Å². The number of anilines is 3. The number of hydrogen-bond donors (Lipinski definition) is 2. The Hall–Kier alpha value is -3.80. The number of para-hydroxylation sites is 1. The summed E-state index contributed by atoms with van der Waals surface area (Å²) in [5.74, 6) is -1.66. The molecule has 28 heavy (non-hydrogen) atoms. The Balaban J connectivity index is 2.36. The SMILES string of the molecule is CC(=O)N(C(=O)/C(C#N)=C\Nc1ccccc1C(F)(F)F)c1ccc(N)cc1. The lowest BCUT2D eigenvalue weighted by Crippen LogP contribution is -2.36. The summed E-state index contributed by atoms with van der Waals surface area (Å²) in [5, 5.41) is 11.6. The second-order valence-electron chi connectivity index (χ2n) is 5.61. The van der Waals surface area contributed by atoms with Crippen LogP contribution in [0, 0.1) is 11.3 Å². The Labute approximate surface area is 158 Å². The van der Waals surface area contributed by atoms with Crippen LogP contribution in [-0.2, 0) is 15.8 Å². The van der Waals surface area contributed by atoms with E-state index in [1.165, 1.54) is 36.4 Å². The topological polar surface area (TPSA) is 99.2 Å². The third-order valence-corrected chi connectivity index (χ3v) is 3.62. The van der Waals surface area contributed by atoms with Crippen molar-refractivity contribution in [1.82, 2.24) is 0 Å². The molecule has 0 aliphatic carbocycles. The number of nitrogens with zero attached hydrogens (tertiary/aromatic N) is 2. The molecule has 9 heteroatoms. The van der Waals surface area contributed by atoms with Crippen molar-refractivity contribution in [2.24, 2.45) is 0 Å². The van der Waals surface area contributed by atoms with E-state index in [2.05, 4.69) is 5.32 Å². The number of nitrogens with one attached hydrogen (secondary N) is 1. The van der Waals surface area contributed by atoms with Crippen molar-refractivity contribution < 1.29 is 22.8 Å². The first-order chi connectivity index (χ1) is 13.1. The van der Waals surface area contributed by atoms with Crippen molar-refractivity contribution in [3.63, 3.8) is 0 Å². The summed E-state index contributed by atoms with van der Waals surface area (Å²) in [4.78, 5) is 25.3. The second kappa shape index (κ2) is 8.26. The first kappa shape index (κ1) is 20.5. The maximum atomic E-state index is 13.0. The zero-order valence-corrected chi connectivity index (χ0v) is 14.6. The van der Waals surface area contributed by atoms with Crippen molar-refractivity contribution in [2.45, 2.75) is 13.1 Å². The number of nitriles is 1. The maximum Gasteiger partial charge on any atom is 0.418 e. The molecule has 6 nitrogen and oxygen atoms in total. The van der Waals surface area contributed by atoms with Crippen LogP contribution in [0.5, 0.6) is 0 Å². The molecule has 0 aliphatic heterocycles. The smallest absolute Gasteiger partial charge is 0.399 e. The average molecular weight is 388 g/mol. The molecule has 0 heterocycles. The number of rotatable bonds is 4. The maximum absolute atomic E-state index is 13.0. The highest BCUT2D eigenvalue weighted by atomic mass is 19.4. The van der Waals surface area contributed by atoms with Gasteiger partial charge in [0.05, 0.1) is 16.9 Å². The Kier molecular flexibility index (Phi) is 6.05. The summed E-state index contributed by atoms with van der Waals surface area (Å²) in [7, 11) is 0. The van der Waals surface area contributed by atoms with Crippen molar-refractivity contribution >= 4 is 28.9 Å². The normalized spacial score (nSPS) is 11.5. The van der Waals surface area contributed by atoms with Gasteiger partial charge in [-0.3, -0.25) is 9.59 Å². The van der Waals surface area contributed by atoms with Crippen LogP contribution in [0.4, 0.5) is 30.2 Å². The quantitative estimate of drug-likeness (QED) is 0.473. The van der Waals surface area contributed by atoms with Crippen LogP contribution < -0.4 is 16.0 Å². The minimum Gasteiger partial charge on any atom is -0.399 e. The predicted octanol–water partition coefficient (Wildman–Crippen LogP) is 3.69. The van der Waals surface area contributed by atoms with Gasteiger partial charge in [-0.05, 0) is 36.4 Å². The highest BCUT2D eigenvalue weighted by Gasteiger charge is 2.33. The molecule has 2 rings (SSSR count). The molecule has 144 valence electrons. The fourth-order valence-corrected chi connectivity index (χ4v) is 2.33. The van der Waals surface area contributed by atoms with Crippen molar-refractivity contribution in [1.29, 1.82) is 5.26 Å². The standard InChI is InChI=1S/C19H15F3N4O2/c1-12(27)26(15-8-6-14(24)7-9-15)18(28)13(10-23)11-25-17-5-3-2-4-16(17)19(20,21)22/h2-9,11,25H,24H2,1H3/b13-11-. The van der Waals surface area contributed by atoms with Crippen LogP contribution in [0.15, 0.2) is 60.3 Å². The van der Waals surface area contributed by atoms with Gasteiger partial charge in [0.1, 0.15) is 11.6 Å². The molecule has 0 atom stereocenters. The number of alkyl halides is 3. The first-order valence-corrected chi connectivity index (χ1v) is 7.88. The molecule has 0 aromatic heterocycles. The van der Waals surface area contributed by atoms with Crippen LogP contribution in [0.1, 0.15) is 12.5 Å². The third kappa shape index (κ3) is 4.67. The summed E-state index contributed by atoms with van der Waals surface area (Å²) < 4.78 is 39.1. The predicted molar refractivity (Wildman–Crippen MR) is 97.8 cm³/mol. The fourth-order valence-electron chi connectivity index (χ4n) is 2.33. The number of benzene rings is 2. The van der Waals surface area contributed by atoms with Crippen LogP contribution >= 0.6 is 0 Å². The highest BCUT2D eigenvalue weighted by Crippen LogP contribution is 2.34. The van der Waals surface area contributed by atoms with Gasteiger partial charge in [0.2, 0.25) is 5.91 Å². The van der Waals surface area contributed by atoms with E-state index in [-0.39, 0.29) is 11.4 Å². The summed E-state index contributed by atoms with van der Waals surface area (Å²) in [5.41, 5.74) is 4.30. The van der Waals surface area contributed by atoms with Crippen molar-refractivity contribution in [3.8, 4) is 6.07 Å². The summed E-state index contributed by atoms with van der Waals surface area (Å²) >= 11 is 0. The number of hydrogen-bond acceptors (Lipinski definition) is 5. The molecular weight excluding hydrogens is 373 g/mol. The average Bonchev–Trinajstić information content (AvgIpc) is 2.63. The van der Waals surface area contributed by atoms with Crippen LogP contribution in [0.3, 0.4) is 0 Å². The van der Waals surface area contributed by atoms with Gasteiger partial charge in [-0.25, -0.2) is 4.90 Å². The van der Waals surface area contributed by atoms with Gasteiger partial charge in [-0.1, -0.05) is 12.1 Å². The molecule has 0 aliphatic rings. The molecule has 3 N–H and O–H groups in total. The van der Waals surface area contributed by atoms with Gasteiger partial charge in [0.25, 0.3) is 5.91 Å². The molecule has 0 radical (unpaired) electrons. The van der Waals surface area contributed by atoms with E-state index in [0.29, 0.717) is 5.69 Å². The number of amides is 2. The Morgan fingerprint density at radius 3 is 2.29 bits per heavy atom. The number of carbonyl (C=O) groups is 2. The molecular formula is C19H15F3N4O2. The first-order valence-electron chi connectivity index (χ1n) is 7.88. The molecule has 0 saturated carbocycles. The van der Waals surface area contributed by atoms with Gasteiger partial charge in [0.15, 0.2) is 0 Å². The lowest BCUT2D eigenvalue weighted by Gasteiger charge is -2.19. The number of nitrogens with two attached hydrogens (primary N) is 1. The molecule has 0 bridgehead atoms. The van der Waals surface area contributed by atoms with E-state index >= 15 is 0 Å². The van der Waals surface area contributed by atoms with E-state index in [1.54, 1.807) is 6.07 Å². The van der Waals surface area contributed by atoms with E-state index in [1.807, 2.05) is 0 Å². The minimum absolute atomic E-state index is 0.170. The molecule has 2 amide bonds. The van der Waals surface area contributed by atoms with E-state index < -0.39 is 29.1 Å². The lowest BCUT2D eigenvalue weighted by molar-refractivity contribution is -0.137. The zero-order valence-electron chi connectivity index (χ0n) is 14.6. The van der Waals surface area contributed by atoms with Gasteiger partial charge < -0.3 is 11.1 Å². The second-order valence-corrected chi connectivity index (χ2v) is 5.61. The highest BCUT2D eigenvalue weighted by molar-refractivity contribution is 6.21. The zero-order chi connectivity index (χ0) is 20.9. The molecule has 2 aromatic carbocycles. The monoisotopic (exact) mass is 388 g/mol. The number of imide groups is 1. The van der Waals surface area contributed by atoms with Crippen LogP contribution in [-0.4, -0.2) is 11.8 Å². The van der Waals surface area contributed by atoms with Gasteiger partial charge >= 0.3 is 6.18 Å². The van der Waals surface area contributed by atoms with Gasteiger partial charge in [0, 0.05) is 18.8 Å². The van der Waals surface area contributed by atoms with Crippen molar-refractivity contribution in [3.05, 3.63) is 65.9 Å². The van der Waals surface area contributed by atoms with Gasteiger partial charge in [-0.2, -0.15) is 18.4 Å². The fraction of sp³-hybridized carbons (Fsp3) is 0.105. The summed E-state index contributed by atoms with van der Waals surface area (Å²) in [6.07, 6.45) is -3.79. The Bertz CT molecular complexity index is 960. The number of halogens is 3. The van der Waals surface area contributed by atoms with Crippen LogP contribution in [0.25, 0.3) is 0 Å². The van der Waals surface area contributed by atoms with Crippen LogP contribution in [0.2, 0.25) is 0 Å². The number of nitrogen functional groups attached to an aromatic ring is 1. The number of carbonyl (C=O) groups excluding carboxylic acids is 2. The summed E-state index contributed by atoms with van der Waals surface area (Å²) in [6.45, 7) is 1.12. The summed E-state index contributed by atoms with van der Waals surface area (Å²) in [6, 6.07) is 12.0. The molecule has 0 saturated heterocycles. The molecule has 0 spiro atoms. The molecule has 0 unspecified atom stereocenters. The molecule has 2 aromatic rings. The van der Waals surface area contributed by atoms with Gasteiger partial charge in [-0.15, -0.1) is 0 Å². The Morgan fingerprint density at radius 2 is 1.75 bits per heavy atom. The third-order valence-electron chi connectivity index (χ3n) is 3.62. The lowest BCUT2D eigenvalue weighted by atomic mass is 10.1. The Morgan fingerprint density at radius 1 is 1.14 bits per heavy atom. The van der Waals surface area contributed by atoms with Crippen molar-refractivity contribution in [2.75, 3.05) is 16.0 Å². The van der Waals surface area contributed by atoms with E-state index in [0.717, 1.165) is 30.2 Å². The molecule has 0 fully saturated rings.